The maximum atomic E-state index is 11.3. The van der Waals surface area contributed by atoms with Gasteiger partial charge in [0.25, 0.3) is 0 Å². The zero-order chi connectivity index (χ0) is 14.3. The van der Waals surface area contributed by atoms with E-state index >= 15 is 0 Å². The van der Waals surface area contributed by atoms with Gasteiger partial charge in [0.15, 0.2) is 0 Å². The summed E-state index contributed by atoms with van der Waals surface area (Å²) in [5.74, 6) is -0.349. The van der Waals surface area contributed by atoms with Crippen molar-refractivity contribution in [1.82, 2.24) is 14.8 Å². The van der Waals surface area contributed by atoms with Gasteiger partial charge in [-0.1, -0.05) is 0 Å². The average molecular weight is 265 g/mol. The molecule has 5 heteroatoms. The normalized spacial score (nSPS) is 11.1. The fourth-order valence-electron chi connectivity index (χ4n) is 1.77. The first-order chi connectivity index (χ1) is 9.02. The van der Waals surface area contributed by atoms with Crippen molar-refractivity contribution in [3.05, 3.63) is 29.6 Å². The van der Waals surface area contributed by atoms with Crippen molar-refractivity contribution in [2.24, 2.45) is 0 Å². The number of ether oxygens (including phenoxy) is 1. The summed E-state index contributed by atoms with van der Waals surface area (Å²) in [6.45, 7) is 2.90. The SMILES string of the molecule is COC(=O)c1ccc(CN(C)CCCN(C)C)nc1. The van der Waals surface area contributed by atoms with Crippen LogP contribution in [0.5, 0.6) is 0 Å². The maximum Gasteiger partial charge on any atom is 0.339 e. The van der Waals surface area contributed by atoms with Crippen molar-refractivity contribution in [2.45, 2.75) is 13.0 Å². The molecule has 0 bridgehead atoms. The van der Waals surface area contributed by atoms with Gasteiger partial charge >= 0.3 is 5.97 Å². The van der Waals surface area contributed by atoms with Crippen LogP contribution in [0.3, 0.4) is 0 Å². The monoisotopic (exact) mass is 265 g/mol. The summed E-state index contributed by atoms with van der Waals surface area (Å²) in [5, 5.41) is 0. The van der Waals surface area contributed by atoms with Crippen LogP contribution < -0.4 is 0 Å². The van der Waals surface area contributed by atoms with Gasteiger partial charge in [-0.2, -0.15) is 0 Å². The van der Waals surface area contributed by atoms with Crippen LogP contribution in [0.2, 0.25) is 0 Å². The lowest BCUT2D eigenvalue weighted by Gasteiger charge is -2.17. The van der Waals surface area contributed by atoms with Gasteiger partial charge in [-0.05, 0) is 52.8 Å². The number of rotatable bonds is 7. The quantitative estimate of drug-likeness (QED) is 0.694. The number of aromatic nitrogens is 1. The summed E-state index contributed by atoms with van der Waals surface area (Å²) in [5.41, 5.74) is 1.45. The zero-order valence-corrected chi connectivity index (χ0v) is 12.2. The molecule has 5 nitrogen and oxygen atoms in total. The van der Waals surface area contributed by atoms with Gasteiger partial charge in [-0.15, -0.1) is 0 Å². The standard InChI is InChI=1S/C14H23N3O2/c1-16(2)8-5-9-17(3)11-13-7-6-12(10-15-13)14(18)19-4/h6-7,10H,5,8-9,11H2,1-4H3. The number of hydrogen-bond acceptors (Lipinski definition) is 5. The van der Waals surface area contributed by atoms with E-state index in [9.17, 15) is 4.79 Å². The predicted octanol–water partition coefficient (Wildman–Crippen LogP) is 1.25. The van der Waals surface area contributed by atoms with Gasteiger partial charge < -0.3 is 14.5 Å². The molecule has 1 aromatic heterocycles. The van der Waals surface area contributed by atoms with E-state index in [0.29, 0.717) is 5.56 Å². The van der Waals surface area contributed by atoms with Crippen molar-refractivity contribution in [3.63, 3.8) is 0 Å². The van der Waals surface area contributed by atoms with Gasteiger partial charge in [-0.25, -0.2) is 4.79 Å². The molecule has 1 heterocycles. The highest BCUT2D eigenvalue weighted by molar-refractivity contribution is 5.88. The molecule has 0 aliphatic rings. The first-order valence-electron chi connectivity index (χ1n) is 6.39. The van der Waals surface area contributed by atoms with Crippen LogP contribution in [0.4, 0.5) is 0 Å². The molecular formula is C14H23N3O2. The Morgan fingerprint density at radius 3 is 2.53 bits per heavy atom. The number of nitrogens with zero attached hydrogens (tertiary/aromatic N) is 3. The van der Waals surface area contributed by atoms with Gasteiger partial charge in [0.05, 0.1) is 18.4 Å². The van der Waals surface area contributed by atoms with Crippen LogP contribution in [-0.4, -0.2) is 62.1 Å². The number of carbonyl (C=O) groups excluding carboxylic acids is 1. The molecule has 0 radical (unpaired) electrons. The van der Waals surface area contributed by atoms with Crippen LogP contribution in [0, 0.1) is 0 Å². The fourth-order valence-corrected chi connectivity index (χ4v) is 1.77. The Bertz CT molecular complexity index is 390. The van der Waals surface area contributed by atoms with E-state index in [1.54, 1.807) is 12.3 Å². The van der Waals surface area contributed by atoms with E-state index in [-0.39, 0.29) is 5.97 Å². The number of pyridine rings is 1. The van der Waals surface area contributed by atoms with E-state index in [4.69, 9.17) is 0 Å². The Hall–Kier alpha value is -1.46. The number of methoxy groups -OCH3 is 1. The van der Waals surface area contributed by atoms with Crippen molar-refractivity contribution in [2.75, 3.05) is 41.3 Å². The number of esters is 1. The third kappa shape index (κ3) is 5.81. The lowest BCUT2D eigenvalue weighted by Crippen LogP contribution is -2.23. The summed E-state index contributed by atoms with van der Waals surface area (Å²) < 4.78 is 4.64. The molecule has 0 aromatic carbocycles. The highest BCUT2D eigenvalue weighted by Crippen LogP contribution is 2.04. The van der Waals surface area contributed by atoms with Gasteiger partial charge in [-0.3, -0.25) is 4.98 Å². The molecule has 19 heavy (non-hydrogen) atoms. The Labute approximate surface area is 115 Å². The fraction of sp³-hybridized carbons (Fsp3) is 0.571. The van der Waals surface area contributed by atoms with Crippen molar-refractivity contribution >= 4 is 5.97 Å². The lowest BCUT2D eigenvalue weighted by atomic mass is 10.2. The highest BCUT2D eigenvalue weighted by atomic mass is 16.5. The second-order valence-corrected chi connectivity index (χ2v) is 4.92. The smallest absolute Gasteiger partial charge is 0.339 e. The number of hydrogen-bond donors (Lipinski definition) is 0. The molecule has 0 N–H and O–H groups in total. The Balaban J connectivity index is 2.42. The molecule has 0 saturated heterocycles. The third-order valence-electron chi connectivity index (χ3n) is 2.82. The molecule has 106 valence electrons. The van der Waals surface area contributed by atoms with E-state index < -0.39 is 0 Å². The lowest BCUT2D eigenvalue weighted by molar-refractivity contribution is 0.0600. The molecule has 1 aromatic rings. The second-order valence-electron chi connectivity index (χ2n) is 4.92. The molecule has 0 aliphatic heterocycles. The largest absolute Gasteiger partial charge is 0.465 e. The van der Waals surface area contributed by atoms with Gasteiger partial charge in [0.1, 0.15) is 0 Å². The van der Waals surface area contributed by atoms with Gasteiger partial charge in [0.2, 0.25) is 0 Å². The molecule has 0 spiro atoms. The van der Waals surface area contributed by atoms with Crippen molar-refractivity contribution < 1.29 is 9.53 Å². The topological polar surface area (TPSA) is 45.7 Å². The predicted molar refractivity (Wildman–Crippen MR) is 75.1 cm³/mol. The van der Waals surface area contributed by atoms with Crippen LogP contribution >= 0.6 is 0 Å². The second kappa shape index (κ2) is 7.86. The van der Waals surface area contributed by atoms with E-state index in [1.807, 2.05) is 6.07 Å². The molecule has 0 atom stereocenters. The summed E-state index contributed by atoms with van der Waals surface area (Å²) in [6, 6.07) is 3.62. The Morgan fingerprint density at radius 1 is 1.26 bits per heavy atom. The van der Waals surface area contributed by atoms with Crippen molar-refractivity contribution in [1.29, 1.82) is 0 Å². The molecule has 1 rings (SSSR count). The van der Waals surface area contributed by atoms with E-state index in [0.717, 1.165) is 31.7 Å². The molecule has 0 fully saturated rings. The Morgan fingerprint density at radius 2 is 2.00 bits per heavy atom. The van der Waals surface area contributed by atoms with E-state index in [1.165, 1.54) is 7.11 Å². The molecule has 0 saturated carbocycles. The van der Waals surface area contributed by atoms with Gasteiger partial charge in [0, 0.05) is 12.7 Å². The first-order valence-corrected chi connectivity index (χ1v) is 6.39. The van der Waals surface area contributed by atoms with E-state index in [2.05, 4.69) is 40.7 Å². The average Bonchev–Trinajstić information content (AvgIpc) is 2.38. The molecular weight excluding hydrogens is 242 g/mol. The van der Waals surface area contributed by atoms with Crippen molar-refractivity contribution in [3.8, 4) is 0 Å². The summed E-state index contributed by atoms with van der Waals surface area (Å²) >= 11 is 0. The maximum absolute atomic E-state index is 11.3. The van der Waals surface area contributed by atoms with Crippen LogP contribution in [0.25, 0.3) is 0 Å². The molecule has 0 unspecified atom stereocenters. The first kappa shape index (κ1) is 15.6. The highest BCUT2D eigenvalue weighted by Gasteiger charge is 2.06. The van der Waals surface area contributed by atoms with Crippen LogP contribution in [-0.2, 0) is 11.3 Å². The molecule has 0 amide bonds. The number of carbonyl (C=O) groups is 1. The minimum Gasteiger partial charge on any atom is -0.465 e. The van der Waals surface area contributed by atoms with Crippen LogP contribution in [0.1, 0.15) is 22.5 Å². The Kier molecular flexibility index (Phi) is 6.45. The third-order valence-corrected chi connectivity index (χ3v) is 2.82. The molecule has 0 aliphatic carbocycles. The summed E-state index contributed by atoms with van der Waals surface area (Å²) in [7, 11) is 7.60. The summed E-state index contributed by atoms with van der Waals surface area (Å²) in [6.07, 6.45) is 2.69. The van der Waals surface area contributed by atoms with Crippen LogP contribution in [0.15, 0.2) is 18.3 Å². The zero-order valence-electron chi connectivity index (χ0n) is 12.2. The minimum absolute atomic E-state index is 0.349. The minimum atomic E-state index is -0.349. The summed E-state index contributed by atoms with van der Waals surface area (Å²) in [4.78, 5) is 20.0.